The van der Waals surface area contributed by atoms with Crippen molar-refractivity contribution in [1.82, 2.24) is 19.1 Å². The summed E-state index contributed by atoms with van der Waals surface area (Å²) in [6.45, 7) is 9.28. The molecule has 1 aromatic carbocycles. The standard InChI is InChI=1S/C22H29N5O4S2/c1-5-26(6-2)33(29,30)18-11-9-17(10-12-18)23-20(28)15-32-22-25-24-21(19-8-7-13-31-19)27(22)14-16(3)4/h7-13,16H,5-6,14-15H2,1-4H3,(H,23,28). The van der Waals surface area contributed by atoms with Crippen molar-refractivity contribution in [3.8, 4) is 11.6 Å². The number of carbonyl (C=O) groups is 1. The highest BCUT2D eigenvalue weighted by Gasteiger charge is 2.21. The Balaban J connectivity index is 1.65. The number of carbonyl (C=O) groups excluding carboxylic acids is 1. The summed E-state index contributed by atoms with van der Waals surface area (Å²) in [5, 5.41) is 11.9. The van der Waals surface area contributed by atoms with E-state index in [0.717, 1.165) is 0 Å². The maximum absolute atomic E-state index is 12.6. The second-order valence-electron chi connectivity index (χ2n) is 7.74. The summed E-state index contributed by atoms with van der Waals surface area (Å²) >= 11 is 1.28. The maximum atomic E-state index is 12.6. The summed E-state index contributed by atoms with van der Waals surface area (Å²) in [4.78, 5) is 12.7. The summed E-state index contributed by atoms with van der Waals surface area (Å²) in [7, 11) is -3.53. The first-order valence-corrected chi connectivity index (χ1v) is 13.2. The molecule has 9 nitrogen and oxygen atoms in total. The van der Waals surface area contributed by atoms with Crippen LogP contribution in [0.25, 0.3) is 11.6 Å². The summed E-state index contributed by atoms with van der Waals surface area (Å²) in [6.07, 6.45) is 1.59. The van der Waals surface area contributed by atoms with Crippen molar-refractivity contribution in [2.75, 3.05) is 24.2 Å². The molecule has 2 heterocycles. The Morgan fingerprint density at radius 1 is 1.15 bits per heavy atom. The molecule has 1 amide bonds. The van der Waals surface area contributed by atoms with E-state index in [1.54, 1.807) is 38.3 Å². The van der Waals surface area contributed by atoms with Crippen LogP contribution in [0.4, 0.5) is 5.69 Å². The zero-order chi connectivity index (χ0) is 24.0. The van der Waals surface area contributed by atoms with Crippen molar-refractivity contribution in [3.63, 3.8) is 0 Å². The lowest BCUT2D eigenvalue weighted by Gasteiger charge is -2.18. The number of nitrogens with zero attached hydrogens (tertiary/aromatic N) is 4. The van der Waals surface area contributed by atoms with E-state index in [4.69, 9.17) is 4.42 Å². The Bertz CT molecular complexity index is 1150. The number of furan rings is 1. The number of hydrogen-bond acceptors (Lipinski definition) is 7. The minimum absolute atomic E-state index is 0.133. The number of aromatic nitrogens is 3. The van der Waals surface area contributed by atoms with Crippen molar-refractivity contribution in [2.24, 2.45) is 5.92 Å². The van der Waals surface area contributed by atoms with Crippen LogP contribution in [0, 0.1) is 5.92 Å². The first-order valence-electron chi connectivity index (χ1n) is 10.8. The van der Waals surface area contributed by atoms with Crippen molar-refractivity contribution in [1.29, 1.82) is 0 Å². The Hall–Kier alpha value is -2.63. The van der Waals surface area contributed by atoms with E-state index in [9.17, 15) is 13.2 Å². The second kappa shape index (κ2) is 11.0. The lowest BCUT2D eigenvalue weighted by Crippen LogP contribution is -2.30. The molecule has 0 atom stereocenters. The molecule has 0 aliphatic carbocycles. The molecule has 0 unspecified atom stereocenters. The van der Waals surface area contributed by atoms with E-state index in [0.29, 0.717) is 48.0 Å². The summed E-state index contributed by atoms with van der Waals surface area (Å²) in [6, 6.07) is 9.82. The molecule has 3 aromatic rings. The minimum atomic E-state index is -3.53. The lowest BCUT2D eigenvalue weighted by molar-refractivity contribution is -0.113. The van der Waals surface area contributed by atoms with Crippen LogP contribution in [0.3, 0.4) is 0 Å². The molecular formula is C22H29N5O4S2. The van der Waals surface area contributed by atoms with E-state index in [1.807, 2.05) is 10.6 Å². The zero-order valence-corrected chi connectivity index (χ0v) is 20.8. The van der Waals surface area contributed by atoms with Gasteiger partial charge in [-0.05, 0) is 42.3 Å². The minimum Gasteiger partial charge on any atom is -0.461 e. The molecule has 0 aliphatic heterocycles. The Morgan fingerprint density at radius 2 is 1.85 bits per heavy atom. The number of anilines is 1. The fraction of sp³-hybridized carbons (Fsp3) is 0.409. The predicted octanol–water partition coefficient (Wildman–Crippen LogP) is 3.96. The molecule has 2 aromatic heterocycles. The van der Waals surface area contributed by atoms with Crippen molar-refractivity contribution < 1.29 is 17.6 Å². The molecule has 3 rings (SSSR count). The normalized spacial score (nSPS) is 11.9. The monoisotopic (exact) mass is 491 g/mol. The van der Waals surface area contributed by atoms with Gasteiger partial charge in [-0.2, -0.15) is 4.31 Å². The Morgan fingerprint density at radius 3 is 2.42 bits per heavy atom. The fourth-order valence-corrected chi connectivity index (χ4v) is 5.47. The van der Waals surface area contributed by atoms with Crippen LogP contribution in [0.2, 0.25) is 0 Å². The van der Waals surface area contributed by atoms with Gasteiger partial charge in [-0.15, -0.1) is 10.2 Å². The summed E-state index contributed by atoms with van der Waals surface area (Å²) in [5.41, 5.74) is 0.527. The highest BCUT2D eigenvalue weighted by Crippen LogP contribution is 2.26. The average molecular weight is 492 g/mol. The smallest absolute Gasteiger partial charge is 0.243 e. The number of nitrogens with one attached hydrogen (secondary N) is 1. The van der Waals surface area contributed by atoms with Crippen molar-refractivity contribution in [3.05, 3.63) is 42.7 Å². The quantitative estimate of drug-likeness (QED) is 0.404. The highest BCUT2D eigenvalue weighted by atomic mass is 32.2. The third-order valence-electron chi connectivity index (χ3n) is 4.82. The Kier molecular flexibility index (Phi) is 8.33. The molecule has 0 bridgehead atoms. The van der Waals surface area contributed by atoms with E-state index in [-0.39, 0.29) is 16.6 Å². The first-order chi connectivity index (χ1) is 15.8. The Labute approximate surface area is 198 Å². The topological polar surface area (TPSA) is 110 Å². The van der Waals surface area contributed by atoms with Crippen LogP contribution < -0.4 is 5.32 Å². The van der Waals surface area contributed by atoms with Crippen LogP contribution >= 0.6 is 11.8 Å². The molecular weight excluding hydrogens is 462 g/mol. The van der Waals surface area contributed by atoms with Crippen LogP contribution in [-0.2, 0) is 21.4 Å². The van der Waals surface area contributed by atoms with Gasteiger partial charge in [0.2, 0.25) is 15.9 Å². The summed E-state index contributed by atoms with van der Waals surface area (Å²) < 4.78 is 34.0. The number of rotatable bonds is 11. The third kappa shape index (κ3) is 6.04. The second-order valence-corrected chi connectivity index (χ2v) is 10.6. The number of amides is 1. The van der Waals surface area contributed by atoms with Crippen LogP contribution in [0.1, 0.15) is 27.7 Å². The van der Waals surface area contributed by atoms with Crippen LogP contribution in [0.5, 0.6) is 0 Å². The largest absolute Gasteiger partial charge is 0.461 e. The van der Waals surface area contributed by atoms with Gasteiger partial charge >= 0.3 is 0 Å². The molecule has 0 fully saturated rings. The van der Waals surface area contributed by atoms with Gasteiger partial charge in [-0.25, -0.2) is 8.42 Å². The summed E-state index contributed by atoms with van der Waals surface area (Å²) in [5.74, 6) is 1.52. The lowest BCUT2D eigenvalue weighted by atomic mass is 10.2. The number of benzene rings is 1. The van der Waals surface area contributed by atoms with Gasteiger partial charge in [-0.3, -0.25) is 9.36 Å². The van der Waals surface area contributed by atoms with Gasteiger partial charge in [0.15, 0.2) is 16.7 Å². The molecule has 33 heavy (non-hydrogen) atoms. The van der Waals surface area contributed by atoms with Gasteiger partial charge < -0.3 is 9.73 Å². The van der Waals surface area contributed by atoms with Crippen molar-refractivity contribution >= 4 is 33.4 Å². The molecule has 0 saturated carbocycles. The number of hydrogen-bond donors (Lipinski definition) is 1. The van der Waals surface area contributed by atoms with Gasteiger partial charge in [0.1, 0.15) is 0 Å². The molecule has 178 valence electrons. The van der Waals surface area contributed by atoms with Gasteiger partial charge in [0, 0.05) is 25.3 Å². The molecule has 0 aliphatic rings. The molecule has 0 saturated heterocycles. The zero-order valence-electron chi connectivity index (χ0n) is 19.2. The maximum Gasteiger partial charge on any atom is 0.243 e. The first kappa shape index (κ1) is 25.0. The highest BCUT2D eigenvalue weighted by molar-refractivity contribution is 7.99. The number of sulfonamides is 1. The van der Waals surface area contributed by atoms with E-state index >= 15 is 0 Å². The van der Waals surface area contributed by atoms with E-state index in [2.05, 4.69) is 29.4 Å². The average Bonchev–Trinajstić information content (AvgIpc) is 3.43. The molecule has 1 N–H and O–H groups in total. The van der Waals surface area contributed by atoms with E-state index < -0.39 is 10.0 Å². The number of thioether (sulfide) groups is 1. The van der Waals surface area contributed by atoms with Gasteiger partial charge in [-0.1, -0.05) is 39.5 Å². The predicted molar refractivity (Wildman–Crippen MR) is 128 cm³/mol. The van der Waals surface area contributed by atoms with Gasteiger partial charge in [0.05, 0.1) is 16.9 Å². The molecule has 0 spiro atoms. The molecule has 11 heteroatoms. The molecule has 0 radical (unpaired) electrons. The fourth-order valence-electron chi connectivity index (χ4n) is 3.26. The van der Waals surface area contributed by atoms with E-state index in [1.165, 1.54) is 28.2 Å². The van der Waals surface area contributed by atoms with Crippen LogP contribution in [-0.4, -0.2) is 52.2 Å². The van der Waals surface area contributed by atoms with Gasteiger partial charge in [0.25, 0.3) is 0 Å². The third-order valence-corrected chi connectivity index (χ3v) is 7.85. The van der Waals surface area contributed by atoms with Crippen molar-refractivity contribution in [2.45, 2.75) is 44.3 Å². The SMILES string of the molecule is CCN(CC)S(=O)(=O)c1ccc(NC(=O)CSc2nnc(-c3ccco3)n2CC(C)C)cc1. The van der Waals surface area contributed by atoms with Crippen LogP contribution in [0.15, 0.2) is 57.1 Å².